The molecule has 5 atom stereocenters. The maximum Gasteiger partial charge on any atom is 0.186 e. The highest BCUT2D eigenvalue weighted by molar-refractivity contribution is 8.00. The largest absolute Gasteiger partial charge is 0.378 e. The third kappa shape index (κ3) is 25.0. The van der Waals surface area contributed by atoms with E-state index in [1.54, 1.807) is 0 Å². The molecular formula is C31H67N5O6S5. The van der Waals surface area contributed by atoms with Gasteiger partial charge in [0.25, 0.3) is 0 Å². The Balaban J connectivity index is 3.07. The highest BCUT2D eigenvalue weighted by Crippen LogP contribution is 2.30. The summed E-state index contributed by atoms with van der Waals surface area (Å²) >= 11 is 9.25. The third-order valence-electron chi connectivity index (χ3n) is 6.83. The Morgan fingerprint density at radius 1 is 0.404 bits per heavy atom. The third-order valence-corrected chi connectivity index (χ3v) is 12.0. The van der Waals surface area contributed by atoms with Gasteiger partial charge in [-0.1, -0.05) is 0 Å². The first-order chi connectivity index (χ1) is 23.2. The lowest BCUT2D eigenvalue weighted by Crippen LogP contribution is -2.62. The first kappa shape index (κ1) is 46.3. The summed E-state index contributed by atoms with van der Waals surface area (Å²) in [5.41, 5.74) is 28.4. The molecule has 1 aliphatic rings. The molecule has 11 nitrogen and oxygen atoms in total. The van der Waals surface area contributed by atoms with Crippen LogP contribution in [0.1, 0.15) is 32.1 Å². The maximum absolute atomic E-state index is 6.67. The van der Waals surface area contributed by atoms with Crippen LogP contribution in [0, 0.1) is 0 Å². The van der Waals surface area contributed by atoms with Crippen molar-refractivity contribution < 1.29 is 28.4 Å². The van der Waals surface area contributed by atoms with E-state index in [1.807, 2.05) is 58.8 Å². The fraction of sp³-hybridized carbons (Fsp3) is 1.00. The maximum atomic E-state index is 6.67. The molecule has 0 aromatic rings. The summed E-state index contributed by atoms with van der Waals surface area (Å²) in [6, 6.07) is 0. The van der Waals surface area contributed by atoms with Gasteiger partial charge in [0.15, 0.2) is 6.29 Å². The predicted molar refractivity (Wildman–Crippen MR) is 210 cm³/mol. The molecule has 10 N–H and O–H groups in total. The molecule has 1 saturated heterocycles. The molecule has 0 saturated carbocycles. The van der Waals surface area contributed by atoms with E-state index in [1.165, 1.54) is 0 Å². The number of ether oxygens (including phenoxy) is 6. The lowest BCUT2D eigenvalue weighted by atomic mass is 9.98. The zero-order chi connectivity index (χ0) is 34.0. The van der Waals surface area contributed by atoms with E-state index in [-0.39, 0.29) is 18.3 Å². The fourth-order valence-corrected chi connectivity index (χ4v) is 8.39. The summed E-state index contributed by atoms with van der Waals surface area (Å²) in [4.78, 5) is 0. The molecular weight excluding hydrogens is 699 g/mol. The van der Waals surface area contributed by atoms with Crippen molar-refractivity contribution in [3.63, 3.8) is 0 Å². The molecule has 0 radical (unpaired) electrons. The van der Waals surface area contributed by atoms with Crippen LogP contribution in [-0.2, 0) is 28.4 Å². The Hall–Kier alpha value is 1.31. The fourth-order valence-electron chi connectivity index (χ4n) is 4.42. The van der Waals surface area contributed by atoms with Crippen molar-refractivity contribution in [3.05, 3.63) is 0 Å². The first-order valence-electron chi connectivity index (χ1n) is 17.3. The van der Waals surface area contributed by atoms with Gasteiger partial charge in [0.2, 0.25) is 0 Å². The minimum Gasteiger partial charge on any atom is -0.378 e. The Morgan fingerprint density at radius 2 is 0.766 bits per heavy atom. The minimum absolute atomic E-state index is 0.360. The summed E-state index contributed by atoms with van der Waals surface area (Å²) in [7, 11) is 0. The van der Waals surface area contributed by atoms with Crippen molar-refractivity contribution in [1.29, 1.82) is 0 Å². The Bertz CT molecular complexity index is 662. The standard InChI is InChI=1S/C31H67N5O6S5/c32-6-1-16-43-21-11-37-26-27-28(38-12-22-44-17-2-7-33)29(39-13-23-45-18-3-8-34)30(40-14-24-46-19-4-9-35)31(42-27)41-15-25-47-20-5-10-36/h27-31H,1-26,32-36H2/t27-,28-,29+,30-,31-/m1/s1. The number of thioether (sulfide) groups is 5. The van der Waals surface area contributed by atoms with E-state index >= 15 is 0 Å². The second-order valence-corrected chi connectivity index (χ2v) is 16.9. The zero-order valence-electron chi connectivity index (χ0n) is 28.6. The van der Waals surface area contributed by atoms with E-state index < -0.39 is 12.4 Å². The first-order valence-corrected chi connectivity index (χ1v) is 23.1. The van der Waals surface area contributed by atoms with Gasteiger partial charge in [0.05, 0.1) is 39.6 Å². The number of hydrogen-bond donors (Lipinski definition) is 5. The molecule has 0 amide bonds. The van der Waals surface area contributed by atoms with Crippen LogP contribution in [0.25, 0.3) is 0 Å². The summed E-state index contributed by atoms with van der Waals surface area (Å²) < 4.78 is 39.1. The molecule has 282 valence electrons. The second-order valence-electron chi connectivity index (χ2n) is 10.8. The molecule has 0 bridgehead atoms. The average molecular weight is 766 g/mol. The van der Waals surface area contributed by atoms with Crippen LogP contribution in [0.5, 0.6) is 0 Å². The SMILES string of the molecule is NCCCSCCOC[C@H]1O[C@@H](OCCSCCCN)[C@H](OCCSCCCN)[C@@H](OCCSCCCN)[C@@H]1OCCSCCCN. The highest BCUT2D eigenvalue weighted by atomic mass is 32.2. The van der Waals surface area contributed by atoms with Gasteiger partial charge in [-0.05, 0) is 93.6 Å². The van der Waals surface area contributed by atoms with Gasteiger partial charge >= 0.3 is 0 Å². The molecule has 1 aliphatic heterocycles. The van der Waals surface area contributed by atoms with Gasteiger partial charge in [-0.25, -0.2) is 0 Å². The van der Waals surface area contributed by atoms with Crippen molar-refractivity contribution in [3.8, 4) is 0 Å². The normalized spacial score (nSPS) is 21.5. The van der Waals surface area contributed by atoms with Gasteiger partial charge in [-0.15, -0.1) is 0 Å². The van der Waals surface area contributed by atoms with E-state index in [0.717, 1.165) is 89.6 Å². The van der Waals surface area contributed by atoms with Crippen molar-refractivity contribution in [2.24, 2.45) is 28.7 Å². The quantitative estimate of drug-likeness (QED) is 0.0585. The smallest absolute Gasteiger partial charge is 0.186 e. The molecule has 1 rings (SSSR count). The monoisotopic (exact) mass is 765 g/mol. The summed E-state index contributed by atoms with van der Waals surface area (Å²) in [6.45, 7) is 6.77. The Kier molecular flexibility index (Phi) is 35.2. The van der Waals surface area contributed by atoms with E-state index in [9.17, 15) is 0 Å². The zero-order valence-corrected chi connectivity index (χ0v) is 32.7. The number of nitrogens with two attached hydrogens (primary N) is 5. The van der Waals surface area contributed by atoms with Gasteiger partial charge in [-0.3, -0.25) is 0 Å². The van der Waals surface area contributed by atoms with E-state index in [2.05, 4.69) is 0 Å². The molecule has 1 fully saturated rings. The van der Waals surface area contributed by atoms with E-state index in [4.69, 9.17) is 57.1 Å². The molecule has 0 spiro atoms. The summed E-state index contributed by atoms with van der Waals surface area (Å²) in [5, 5.41) is 0. The minimum atomic E-state index is -0.597. The van der Waals surface area contributed by atoms with Gasteiger partial charge in [0.1, 0.15) is 24.4 Å². The molecule has 0 aromatic heterocycles. The Morgan fingerprint density at radius 3 is 1.19 bits per heavy atom. The van der Waals surface area contributed by atoms with Crippen molar-refractivity contribution >= 4 is 58.8 Å². The van der Waals surface area contributed by atoms with Gasteiger partial charge < -0.3 is 57.1 Å². The number of hydrogen-bond acceptors (Lipinski definition) is 16. The second kappa shape index (κ2) is 35.7. The molecule has 47 heavy (non-hydrogen) atoms. The molecule has 0 unspecified atom stereocenters. The highest BCUT2D eigenvalue weighted by Gasteiger charge is 2.49. The molecule has 16 heteroatoms. The van der Waals surface area contributed by atoms with Gasteiger partial charge in [-0.2, -0.15) is 58.8 Å². The van der Waals surface area contributed by atoms with Crippen molar-refractivity contribution in [2.75, 3.05) is 130 Å². The van der Waals surface area contributed by atoms with Crippen LogP contribution in [0.15, 0.2) is 0 Å². The topological polar surface area (TPSA) is 185 Å². The lowest BCUT2D eigenvalue weighted by Gasteiger charge is -2.46. The van der Waals surface area contributed by atoms with Crippen LogP contribution in [0.3, 0.4) is 0 Å². The predicted octanol–water partition coefficient (Wildman–Crippen LogP) is 2.31. The summed E-state index contributed by atoms with van der Waals surface area (Å²) in [5.74, 6) is 9.44. The van der Waals surface area contributed by atoms with Crippen molar-refractivity contribution in [1.82, 2.24) is 0 Å². The van der Waals surface area contributed by atoms with Crippen LogP contribution >= 0.6 is 58.8 Å². The molecule has 1 heterocycles. The van der Waals surface area contributed by atoms with Crippen molar-refractivity contribution in [2.45, 2.75) is 62.8 Å². The average Bonchev–Trinajstić information content (AvgIpc) is 3.08. The van der Waals surface area contributed by atoms with E-state index in [0.29, 0.717) is 72.4 Å². The van der Waals surface area contributed by atoms with Crippen LogP contribution in [0.2, 0.25) is 0 Å². The Labute approximate surface area is 307 Å². The van der Waals surface area contributed by atoms with Gasteiger partial charge in [0, 0.05) is 28.8 Å². The van der Waals surface area contributed by atoms with Crippen LogP contribution in [-0.4, -0.2) is 161 Å². The molecule has 0 aliphatic carbocycles. The molecule has 0 aromatic carbocycles. The summed E-state index contributed by atoms with van der Waals surface area (Å²) in [6.07, 6.45) is 2.85. The number of rotatable bonds is 36. The van der Waals surface area contributed by atoms with Crippen LogP contribution in [0.4, 0.5) is 0 Å². The van der Waals surface area contributed by atoms with Crippen LogP contribution < -0.4 is 28.7 Å². The lowest BCUT2D eigenvalue weighted by molar-refractivity contribution is -0.320.